The first-order valence-electron chi connectivity index (χ1n) is 7.69. The van der Waals surface area contributed by atoms with Gasteiger partial charge in [0, 0.05) is 43.4 Å². The van der Waals surface area contributed by atoms with E-state index in [1.807, 2.05) is 5.38 Å². The van der Waals surface area contributed by atoms with Crippen LogP contribution in [0.15, 0.2) is 16.4 Å². The normalized spacial score (nSPS) is 14.9. The van der Waals surface area contributed by atoms with Gasteiger partial charge in [-0.3, -0.25) is 14.0 Å². The van der Waals surface area contributed by atoms with Gasteiger partial charge < -0.3 is 14.5 Å². The molecule has 8 nitrogen and oxygen atoms in total. The summed E-state index contributed by atoms with van der Waals surface area (Å²) in [5.74, 6) is -0.351. The van der Waals surface area contributed by atoms with Crippen LogP contribution in [0.25, 0.3) is 4.96 Å². The molecule has 0 aliphatic carbocycles. The summed E-state index contributed by atoms with van der Waals surface area (Å²) in [5.41, 5.74) is 0.462. The summed E-state index contributed by atoms with van der Waals surface area (Å²) in [6.45, 7) is 5.38. The monoisotopic (exact) mass is 350 g/mol. The van der Waals surface area contributed by atoms with E-state index in [0.717, 1.165) is 5.69 Å². The van der Waals surface area contributed by atoms with Gasteiger partial charge in [0.25, 0.3) is 11.5 Å². The quantitative estimate of drug-likeness (QED) is 0.806. The maximum absolute atomic E-state index is 12.6. The minimum Gasteiger partial charge on any atom is -0.450 e. The van der Waals surface area contributed by atoms with Crippen molar-refractivity contribution in [2.45, 2.75) is 13.8 Å². The molecule has 0 bridgehead atoms. The van der Waals surface area contributed by atoms with Gasteiger partial charge in [-0.15, -0.1) is 11.3 Å². The molecule has 1 aliphatic rings. The summed E-state index contributed by atoms with van der Waals surface area (Å²) in [5, 5.41) is 1.83. The number of hydrogen-bond acceptors (Lipinski definition) is 6. The van der Waals surface area contributed by atoms with Crippen LogP contribution in [0.2, 0.25) is 0 Å². The Balaban J connectivity index is 1.76. The number of carbonyl (C=O) groups is 2. The minimum absolute atomic E-state index is 0.0542. The van der Waals surface area contributed by atoms with Crippen molar-refractivity contribution in [2.24, 2.45) is 0 Å². The van der Waals surface area contributed by atoms with Crippen molar-refractivity contribution in [3.8, 4) is 0 Å². The van der Waals surface area contributed by atoms with Crippen LogP contribution in [0.1, 0.15) is 23.0 Å². The van der Waals surface area contributed by atoms with Crippen LogP contribution in [0.3, 0.4) is 0 Å². The van der Waals surface area contributed by atoms with Crippen LogP contribution in [-0.4, -0.2) is 64.0 Å². The number of thiazole rings is 1. The Hall–Kier alpha value is -2.42. The fourth-order valence-electron chi connectivity index (χ4n) is 2.65. The highest BCUT2D eigenvalue weighted by atomic mass is 32.1. The van der Waals surface area contributed by atoms with Crippen LogP contribution in [0, 0.1) is 6.92 Å². The molecule has 0 spiro atoms. The SMILES string of the molecule is CCOC(=O)N1CCN(C(=O)c2cnc3scc(C)n3c2=O)CC1. The Bertz CT molecular complexity index is 836. The predicted octanol–water partition coefficient (Wildman–Crippen LogP) is 0.979. The molecular weight excluding hydrogens is 332 g/mol. The molecule has 9 heteroatoms. The molecule has 24 heavy (non-hydrogen) atoms. The van der Waals surface area contributed by atoms with E-state index in [0.29, 0.717) is 37.7 Å². The van der Waals surface area contributed by atoms with E-state index in [2.05, 4.69) is 4.98 Å². The van der Waals surface area contributed by atoms with Gasteiger partial charge in [0.05, 0.1) is 6.61 Å². The smallest absolute Gasteiger partial charge is 0.409 e. The molecule has 3 rings (SSSR count). The second-order valence-electron chi connectivity index (χ2n) is 5.45. The van der Waals surface area contributed by atoms with Crippen molar-refractivity contribution in [3.63, 3.8) is 0 Å². The Morgan fingerprint density at radius 2 is 1.92 bits per heavy atom. The van der Waals surface area contributed by atoms with Gasteiger partial charge in [-0.1, -0.05) is 0 Å². The molecule has 0 aromatic carbocycles. The van der Waals surface area contributed by atoms with E-state index in [1.54, 1.807) is 23.6 Å². The van der Waals surface area contributed by atoms with E-state index < -0.39 is 0 Å². The van der Waals surface area contributed by atoms with E-state index >= 15 is 0 Å². The highest BCUT2D eigenvalue weighted by Crippen LogP contribution is 2.12. The number of rotatable bonds is 2. The Kier molecular flexibility index (Phi) is 4.52. The van der Waals surface area contributed by atoms with E-state index in [1.165, 1.54) is 21.9 Å². The summed E-state index contributed by atoms with van der Waals surface area (Å²) in [6, 6.07) is 0. The zero-order valence-corrected chi connectivity index (χ0v) is 14.3. The first-order chi connectivity index (χ1) is 11.5. The van der Waals surface area contributed by atoms with Crippen LogP contribution in [0.4, 0.5) is 4.79 Å². The average Bonchev–Trinajstić information content (AvgIpc) is 2.97. The Labute approximate surface area is 142 Å². The topological polar surface area (TPSA) is 84.2 Å². The lowest BCUT2D eigenvalue weighted by molar-refractivity contribution is 0.0568. The average molecular weight is 350 g/mol. The van der Waals surface area contributed by atoms with Crippen LogP contribution < -0.4 is 5.56 Å². The van der Waals surface area contributed by atoms with Gasteiger partial charge in [0.15, 0.2) is 4.96 Å². The van der Waals surface area contributed by atoms with E-state index in [9.17, 15) is 14.4 Å². The number of aryl methyl sites for hydroxylation is 1. The summed E-state index contributed by atoms with van der Waals surface area (Å²) >= 11 is 1.36. The van der Waals surface area contributed by atoms with Crippen LogP contribution in [-0.2, 0) is 4.74 Å². The lowest BCUT2D eigenvalue weighted by atomic mass is 10.2. The second-order valence-corrected chi connectivity index (χ2v) is 6.29. The largest absolute Gasteiger partial charge is 0.450 e. The number of piperazine rings is 1. The number of aromatic nitrogens is 2. The Morgan fingerprint density at radius 3 is 2.58 bits per heavy atom. The third-order valence-electron chi connectivity index (χ3n) is 3.94. The minimum atomic E-state index is -0.373. The molecule has 2 aromatic heterocycles. The maximum Gasteiger partial charge on any atom is 0.409 e. The molecule has 1 fully saturated rings. The van der Waals surface area contributed by atoms with Crippen molar-refractivity contribution in [1.29, 1.82) is 0 Å². The van der Waals surface area contributed by atoms with Gasteiger partial charge in [-0.25, -0.2) is 9.78 Å². The number of ether oxygens (including phenoxy) is 1. The summed E-state index contributed by atoms with van der Waals surface area (Å²) in [7, 11) is 0. The fourth-order valence-corrected chi connectivity index (χ4v) is 3.48. The van der Waals surface area contributed by atoms with Crippen LogP contribution in [0.5, 0.6) is 0 Å². The fraction of sp³-hybridized carbons (Fsp3) is 0.467. The molecule has 1 aliphatic heterocycles. The lowest BCUT2D eigenvalue weighted by Crippen LogP contribution is -2.51. The molecule has 1 saturated heterocycles. The highest BCUT2D eigenvalue weighted by Gasteiger charge is 2.27. The summed E-state index contributed by atoms with van der Waals surface area (Å²) in [4.78, 5) is 44.8. The standard InChI is InChI=1S/C15H18N4O4S/c1-3-23-15(22)18-6-4-17(5-7-18)12(20)11-8-16-14-19(13(11)21)10(2)9-24-14/h8-9H,3-7H2,1-2H3. The van der Waals surface area contributed by atoms with E-state index in [-0.39, 0.29) is 23.1 Å². The Morgan fingerprint density at radius 1 is 1.25 bits per heavy atom. The number of nitrogens with zero attached hydrogens (tertiary/aromatic N) is 4. The van der Waals surface area contributed by atoms with Gasteiger partial charge in [-0.2, -0.15) is 0 Å². The van der Waals surface area contributed by atoms with Crippen molar-refractivity contribution in [3.05, 3.63) is 33.2 Å². The molecule has 128 valence electrons. The van der Waals surface area contributed by atoms with Crippen molar-refractivity contribution in [2.75, 3.05) is 32.8 Å². The summed E-state index contributed by atoms with van der Waals surface area (Å²) < 4.78 is 6.41. The van der Waals surface area contributed by atoms with E-state index in [4.69, 9.17) is 4.74 Å². The molecule has 2 aromatic rings. The molecule has 0 N–H and O–H groups in total. The number of carbonyl (C=O) groups excluding carboxylic acids is 2. The van der Waals surface area contributed by atoms with Gasteiger partial charge in [0.1, 0.15) is 5.56 Å². The van der Waals surface area contributed by atoms with Gasteiger partial charge in [-0.05, 0) is 13.8 Å². The van der Waals surface area contributed by atoms with Gasteiger partial charge >= 0.3 is 6.09 Å². The predicted molar refractivity (Wildman–Crippen MR) is 88.6 cm³/mol. The zero-order chi connectivity index (χ0) is 17.3. The summed E-state index contributed by atoms with van der Waals surface area (Å²) in [6.07, 6.45) is 0.967. The van der Waals surface area contributed by atoms with Crippen LogP contribution >= 0.6 is 11.3 Å². The molecule has 0 atom stereocenters. The first kappa shape index (κ1) is 16.4. The number of hydrogen-bond donors (Lipinski definition) is 0. The van der Waals surface area contributed by atoms with Crippen molar-refractivity contribution >= 4 is 28.3 Å². The number of fused-ring (bicyclic) bond motifs is 1. The molecule has 0 radical (unpaired) electrons. The highest BCUT2D eigenvalue weighted by molar-refractivity contribution is 7.15. The molecule has 2 amide bonds. The molecule has 0 unspecified atom stereocenters. The molecular formula is C15H18N4O4S. The third-order valence-corrected chi connectivity index (χ3v) is 4.90. The first-order valence-corrected chi connectivity index (χ1v) is 8.57. The van der Waals surface area contributed by atoms with Gasteiger partial charge in [0.2, 0.25) is 0 Å². The third kappa shape index (κ3) is 2.86. The molecule has 3 heterocycles. The van der Waals surface area contributed by atoms with Crippen molar-refractivity contribution in [1.82, 2.24) is 19.2 Å². The molecule has 0 saturated carbocycles. The maximum atomic E-state index is 12.6. The lowest BCUT2D eigenvalue weighted by Gasteiger charge is -2.33. The number of amides is 2. The second kappa shape index (κ2) is 6.60. The zero-order valence-electron chi connectivity index (χ0n) is 13.5. The van der Waals surface area contributed by atoms with Crippen molar-refractivity contribution < 1.29 is 14.3 Å².